The van der Waals surface area contributed by atoms with Gasteiger partial charge in [-0.3, -0.25) is 14.9 Å². The van der Waals surface area contributed by atoms with Gasteiger partial charge in [-0.05, 0) is 17.7 Å². The Morgan fingerprint density at radius 1 is 1.10 bits per heavy atom. The minimum Gasteiger partial charge on any atom is -0.459 e. The van der Waals surface area contributed by atoms with Crippen LogP contribution in [0.2, 0.25) is 0 Å². The van der Waals surface area contributed by atoms with Crippen molar-refractivity contribution < 1.29 is 18.8 Å². The van der Waals surface area contributed by atoms with E-state index in [-0.39, 0.29) is 5.76 Å². The van der Waals surface area contributed by atoms with Crippen molar-refractivity contribution in [3.8, 4) is 0 Å². The third-order valence-electron chi connectivity index (χ3n) is 2.50. The molecule has 6 nitrogen and oxygen atoms in total. The number of imide groups is 1. The Bertz CT molecular complexity index is 593. The van der Waals surface area contributed by atoms with Gasteiger partial charge in [0, 0.05) is 0 Å². The molecular formula is C14H11N2O4. The van der Waals surface area contributed by atoms with E-state index in [2.05, 4.69) is 10.6 Å². The fourth-order valence-electron chi connectivity index (χ4n) is 1.57. The molecule has 0 saturated heterocycles. The molecule has 1 atom stereocenters. The van der Waals surface area contributed by atoms with Gasteiger partial charge >= 0.3 is 6.03 Å². The monoisotopic (exact) mass is 271 g/mol. The summed E-state index contributed by atoms with van der Waals surface area (Å²) >= 11 is 0. The van der Waals surface area contributed by atoms with E-state index in [9.17, 15) is 14.4 Å². The van der Waals surface area contributed by atoms with Crippen LogP contribution in [0.25, 0.3) is 0 Å². The number of amides is 3. The Hall–Kier alpha value is -2.89. The van der Waals surface area contributed by atoms with E-state index in [1.54, 1.807) is 36.6 Å². The predicted molar refractivity (Wildman–Crippen MR) is 69.6 cm³/mol. The lowest BCUT2D eigenvalue weighted by molar-refractivity contribution is 0.0936. The molecule has 1 unspecified atom stereocenters. The molecule has 1 aromatic heterocycles. The van der Waals surface area contributed by atoms with Crippen molar-refractivity contribution in [3.05, 3.63) is 60.1 Å². The van der Waals surface area contributed by atoms with Crippen molar-refractivity contribution in [1.82, 2.24) is 10.6 Å². The van der Waals surface area contributed by atoms with Crippen LogP contribution >= 0.6 is 0 Å². The molecule has 0 fully saturated rings. The average molecular weight is 271 g/mol. The Morgan fingerprint density at radius 3 is 2.45 bits per heavy atom. The molecule has 2 rings (SSSR count). The number of carbonyl (C=O) groups excluding carboxylic acids is 3. The van der Waals surface area contributed by atoms with Crippen molar-refractivity contribution in [1.29, 1.82) is 0 Å². The molecule has 0 bridgehead atoms. The lowest BCUT2D eigenvalue weighted by atomic mass is 10.1. The maximum atomic E-state index is 11.6. The van der Waals surface area contributed by atoms with Crippen molar-refractivity contribution in [2.75, 3.05) is 0 Å². The van der Waals surface area contributed by atoms with Crippen molar-refractivity contribution >= 4 is 18.2 Å². The first-order valence-corrected chi connectivity index (χ1v) is 5.78. The van der Waals surface area contributed by atoms with Gasteiger partial charge in [0.15, 0.2) is 5.76 Å². The van der Waals surface area contributed by atoms with Crippen molar-refractivity contribution in [2.24, 2.45) is 0 Å². The van der Waals surface area contributed by atoms with Crippen LogP contribution in [0.3, 0.4) is 0 Å². The molecule has 1 heterocycles. The van der Waals surface area contributed by atoms with E-state index in [0.29, 0.717) is 5.56 Å². The van der Waals surface area contributed by atoms with E-state index in [0.717, 1.165) is 0 Å². The third-order valence-corrected chi connectivity index (χ3v) is 2.50. The number of hydrogen-bond donors (Lipinski definition) is 2. The fourth-order valence-corrected chi connectivity index (χ4v) is 1.57. The van der Waals surface area contributed by atoms with Crippen LogP contribution in [0, 0.1) is 0 Å². The van der Waals surface area contributed by atoms with E-state index in [4.69, 9.17) is 4.42 Å². The molecule has 0 saturated carbocycles. The Morgan fingerprint density at radius 2 is 1.85 bits per heavy atom. The largest absolute Gasteiger partial charge is 0.459 e. The van der Waals surface area contributed by atoms with E-state index in [1.807, 2.05) is 0 Å². The Kier molecular flexibility index (Phi) is 4.28. The molecule has 3 amide bonds. The third kappa shape index (κ3) is 3.32. The highest BCUT2D eigenvalue weighted by atomic mass is 16.3. The van der Waals surface area contributed by atoms with Crippen molar-refractivity contribution in [2.45, 2.75) is 6.04 Å². The van der Waals surface area contributed by atoms with Crippen molar-refractivity contribution in [3.63, 3.8) is 0 Å². The molecule has 0 spiro atoms. The van der Waals surface area contributed by atoms with Gasteiger partial charge in [-0.15, -0.1) is 0 Å². The molecule has 6 heteroatoms. The number of nitrogens with one attached hydrogen (secondary N) is 2. The first kappa shape index (κ1) is 13.5. The second-order valence-electron chi connectivity index (χ2n) is 3.87. The van der Waals surface area contributed by atoms with Crippen LogP contribution in [0.15, 0.2) is 53.1 Å². The zero-order valence-electron chi connectivity index (χ0n) is 10.3. The summed E-state index contributed by atoms with van der Waals surface area (Å²) in [5, 5.41) is 4.39. The zero-order valence-corrected chi connectivity index (χ0v) is 10.3. The number of rotatable bonds is 4. The quantitative estimate of drug-likeness (QED) is 0.883. The number of urea groups is 1. The number of hydrogen-bond acceptors (Lipinski definition) is 4. The van der Waals surface area contributed by atoms with Gasteiger partial charge in [0.2, 0.25) is 6.29 Å². The molecule has 1 aromatic carbocycles. The van der Waals surface area contributed by atoms with Gasteiger partial charge < -0.3 is 9.73 Å². The van der Waals surface area contributed by atoms with Gasteiger partial charge in [0.1, 0.15) is 6.04 Å². The lowest BCUT2D eigenvalue weighted by Gasteiger charge is -2.12. The topological polar surface area (TPSA) is 88.4 Å². The maximum absolute atomic E-state index is 11.6. The second kappa shape index (κ2) is 6.33. The van der Waals surface area contributed by atoms with Crippen LogP contribution in [0.5, 0.6) is 0 Å². The summed E-state index contributed by atoms with van der Waals surface area (Å²) in [5.41, 5.74) is 0.572. The standard InChI is InChI=1S/C14H11N2O4/c17-9-11(10-5-2-1-3-6-10)15-14(19)16-13(18)12-7-4-8-20-12/h1-8,11H,(H2,15,16,18,19). The van der Waals surface area contributed by atoms with E-state index < -0.39 is 18.0 Å². The van der Waals surface area contributed by atoms with Crippen LogP contribution < -0.4 is 10.6 Å². The Balaban J connectivity index is 1.96. The molecule has 2 aromatic rings. The van der Waals surface area contributed by atoms with Crippen LogP contribution in [0.1, 0.15) is 22.2 Å². The summed E-state index contributed by atoms with van der Waals surface area (Å²) in [6.07, 6.45) is 3.02. The van der Waals surface area contributed by atoms with Crippen LogP contribution in [-0.2, 0) is 4.79 Å². The highest BCUT2D eigenvalue weighted by molar-refractivity contribution is 6.02. The molecule has 0 aliphatic carbocycles. The van der Waals surface area contributed by atoms with Gasteiger partial charge in [0.25, 0.3) is 5.91 Å². The molecular weight excluding hydrogens is 260 g/mol. The number of furan rings is 1. The minimum absolute atomic E-state index is 0.00601. The summed E-state index contributed by atoms with van der Waals surface area (Å²) < 4.78 is 4.84. The second-order valence-corrected chi connectivity index (χ2v) is 3.87. The van der Waals surface area contributed by atoms with Gasteiger partial charge in [-0.1, -0.05) is 30.3 Å². The predicted octanol–water partition coefficient (Wildman–Crippen LogP) is 1.57. The summed E-state index contributed by atoms with van der Waals surface area (Å²) in [5.74, 6) is -0.684. The highest BCUT2D eigenvalue weighted by Gasteiger charge is 2.17. The van der Waals surface area contributed by atoms with Crippen LogP contribution in [0.4, 0.5) is 4.79 Å². The lowest BCUT2D eigenvalue weighted by Crippen LogP contribution is -2.41. The maximum Gasteiger partial charge on any atom is 0.322 e. The number of benzene rings is 1. The first-order valence-electron chi connectivity index (χ1n) is 5.78. The summed E-state index contributed by atoms with van der Waals surface area (Å²) in [7, 11) is 0. The number of carbonyl (C=O) groups is 2. The average Bonchev–Trinajstić information content (AvgIpc) is 3.00. The molecule has 2 N–H and O–H groups in total. The normalized spacial score (nSPS) is 11.4. The van der Waals surface area contributed by atoms with Crippen LogP contribution in [-0.4, -0.2) is 18.2 Å². The molecule has 1 radical (unpaired) electrons. The fraction of sp³-hybridized carbons (Fsp3) is 0.0714. The van der Waals surface area contributed by atoms with Gasteiger partial charge in [-0.25, -0.2) is 4.79 Å². The van der Waals surface area contributed by atoms with E-state index >= 15 is 0 Å². The summed E-state index contributed by atoms with van der Waals surface area (Å²) in [6, 6.07) is 9.78. The zero-order chi connectivity index (χ0) is 14.4. The van der Waals surface area contributed by atoms with E-state index in [1.165, 1.54) is 18.4 Å². The SMILES string of the molecule is O=[C]C(NC(=O)NC(=O)c1ccco1)c1ccccc1. The first-order chi connectivity index (χ1) is 9.70. The van der Waals surface area contributed by atoms with Gasteiger partial charge in [-0.2, -0.15) is 0 Å². The minimum atomic E-state index is -0.944. The summed E-state index contributed by atoms with van der Waals surface area (Å²) in [6.45, 7) is 0. The molecule has 0 aliphatic heterocycles. The highest BCUT2D eigenvalue weighted by Crippen LogP contribution is 2.09. The Labute approximate surface area is 114 Å². The smallest absolute Gasteiger partial charge is 0.322 e. The summed E-state index contributed by atoms with van der Waals surface area (Å²) in [4.78, 5) is 34.1. The molecule has 101 valence electrons. The molecule has 0 aliphatic rings. The van der Waals surface area contributed by atoms with Gasteiger partial charge in [0.05, 0.1) is 6.26 Å². The molecule has 20 heavy (non-hydrogen) atoms.